The molecule has 1 atom stereocenters. The fourth-order valence-corrected chi connectivity index (χ4v) is 2.28. The Morgan fingerprint density at radius 1 is 1.30 bits per heavy atom. The van der Waals surface area contributed by atoms with Crippen LogP contribution in [0.25, 0.3) is 0 Å². The number of hydrogen-bond donors (Lipinski definition) is 1. The zero-order valence-electron chi connectivity index (χ0n) is 12.4. The van der Waals surface area contributed by atoms with Gasteiger partial charge in [0.2, 0.25) is 0 Å². The molecular weight excluding hydrogens is 253 g/mol. The first-order valence-electron chi connectivity index (χ1n) is 7.12. The van der Waals surface area contributed by atoms with Gasteiger partial charge in [0.25, 0.3) is 0 Å². The fraction of sp³-hybridized carbons (Fsp3) is 0.438. The van der Waals surface area contributed by atoms with E-state index in [1.807, 2.05) is 10.9 Å². The third-order valence-corrected chi connectivity index (χ3v) is 3.55. The van der Waals surface area contributed by atoms with E-state index in [1.165, 1.54) is 17.7 Å². The summed E-state index contributed by atoms with van der Waals surface area (Å²) in [5.41, 5.74) is 3.43. The van der Waals surface area contributed by atoms with E-state index in [0.717, 1.165) is 24.2 Å². The molecule has 2 rings (SSSR count). The van der Waals surface area contributed by atoms with Crippen LogP contribution in [0.2, 0.25) is 0 Å². The van der Waals surface area contributed by atoms with Crippen LogP contribution in [-0.4, -0.2) is 16.3 Å². The quantitative estimate of drug-likeness (QED) is 0.875. The minimum atomic E-state index is -0.205. The van der Waals surface area contributed by atoms with Crippen molar-refractivity contribution in [1.29, 1.82) is 0 Å². The van der Waals surface area contributed by atoms with Crippen molar-refractivity contribution in [2.45, 2.75) is 39.8 Å². The van der Waals surface area contributed by atoms with E-state index in [-0.39, 0.29) is 5.82 Å². The van der Waals surface area contributed by atoms with E-state index < -0.39 is 0 Å². The molecule has 108 valence electrons. The molecule has 1 aromatic heterocycles. The number of aromatic nitrogens is 2. The van der Waals surface area contributed by atoms with Gasteiger partial charge in [0.15, 0.2) is 0 Å². The second-order valence-electron chi connectivity index (χ2n) is 5.15. The van der Waals surface area contributed by atoms with E-state index in [0.29, 0.717) is 12.6 Å². The van der Waals surface area contributed by atoms with Crippen LogP contribution in [-0.2, 0) is 6.54 Å². The van der Waals surface area contributed by atoms with Crippen LogP contribution in [0.1, 0.15) is 43.1 Å². The minimum Gasteiger partial charge on any atom is -0.310 e. The molecule has 0 aliphatic carbocycles. The van der Waals surface area contributed by atoms with Gasteiger partial charge >= 0.3 is 0 Å². The molecule has 1 aromatic carbocycles. The lowest BCUT2D eigenvalue weighted by atomic mass is 10.1. The molecule has 3 nitrogen and oxygen atoms in total. The van der Waals surface area contributed by atoms with Crippen LogP contribution in [0, 0.1) is 12.7 Å². The molecule has 1 N–H and O–H groups in total. The highest BCUT2D eigenvalue weighted by atomic mass is 19.1. The molecule has 0 aliphatic heterocycles. The van der Waals surface area contributed by atoms with Crippen molar-refractivity contribution >= 4 is 0 Å². The standard InChI is InChI=1S/C16H22FN3/c1-4-9-18-12(2)16-10-19-20(13(16)3)11-14-5-7-15(17)8-6-14/h5-8,10,12,18H,4,9,11H2,1-3H3. The van der Waals surface area contributed by atoms with Crippen LogP contribution >= 0.6 is 0 Å². The lowest BCUT2D eigenvalue weighted by molar-refractivity contribution is 0.565. The van der Waals surface area contributed by atoms with Crippen molar-refractivity contribution in [3.05, 3.63) is 53.1 Å². The molecule has 0 radical (unpaired) electrons. The average molecular weight is 275 g/mol. The molecule has 0 saturated carbocycles. The molecule has 0 amide bonds. The van der Waals surface area contributed by atoms with Crippen LogP contribution in [0.4, 0.5) is 4.39 Å². The summed E-state index contributed by atoms with van der Waals surface area (Å²) in [6.45, 7) is 8.07. The predicted molar refractivity (Wildman–Crippen MR) is 79.2 cm³/mol. The van der Waals surface area contributed by atoms with Gasteiger partial charge in [0.05, 0.1) is 12.7 Å². The minimum absolute atomic E-state index is 0.205. The highest BCUT2D eigenvalue weighted by molar-refractivity contribution is 5.22. The maximum Gasteiger partial charge on any atom is 0.123 e. The molecule has 1 unspecified atom stereocenters. The van der Waals surface area contributed by atoms with E-state index in [9.17, 15) is 4.39 Å². The Labute approximate surface area is 119 Å². The second-order valence-corrected chi connectivity index (χ2v) is 5.15. The monoisotopic (exact) mass is 275 g/mol. The van der Waals surface area contributed by atoms with Crippen LogP contribution in [0.3, 0.4) is 0 Å². The third-order valence-electron chi connectivity index (χ3n) is 3.55. The summed E-state index contributed by atoms with van der Waals surface area (Å²) in [5, 5.41) is 7.92. The summed E-state index contributed by atoms with van der Waals surface area (Å²) >= 11 is 0. The Bertz CT molecular complexity index is 545. The first kappa shape index (κ1) is 14.7. The summed E-state index contributed by atoms with van der Waals surface area (Å²) in [6.07, 6.45) is 3.04. The highest BCUT2D eigenvalue weighted by Gasteiger charge is 2.12. The van der Waals surface area contributed by atoms with E-state index in [2.05, 4.69) is 31.2 Å². The average Bonchev–Trinajstić information content (AvgIpc) is 2.80. The smallest absolute Gasteiger partial charge is 0.123 e. The number of halogens is 1. The summed E-state index contributed by atoms with van der Waals surface area (Å²) in [5.74, 6) is -0.205. The largest absolute Gasteiger partial charge is 0.310 e. The van der Waals surface area contributed by atoms with Crippen molar-refractivity contribution < 1.29 is 4.39 Å². The van der Waals surface area contributed by atoms with E-state index >= 15 is 0 Å². The normalized spacial score (nSPS) is 12.6. The van der Waals surface area contributed by atoms with Gasteiger partial charge < -0.3 is 5.32 Å². The zero-order chi connectivity index (χ0) is 14.5. The molecule has 2 aromatic rings. The number of rotatable bonds is 6. The van der Waals surface area contributed by atoms with Crippen molar-refractivity contribution in [1.82, 2.24) is 15.1 Å². The molecule has 0 aliphatic rings. The van der Waals surface area contributed by atoms with Crippen molar-refractivity contribution in [3.63, 3.8) is 0 Å². The van der Waals surface area contributed by atoms with Gasteiger partial charge in [-0.3, -0.25) is 4.68 Å². The highest BCUT2D eigenvalue weighted by Crippen LogP contribution is 2.17. The van der Waals surface area contributed by atoms with Crippen molar-refractivity contribution in [2.24, 2.45) is 0 Å². The summed E-state index contributed by atoms with van der Waals surface area (Å²) in [7, 11) is 0. The van der Waals surface area contributed by atoms with Gasteiger partial charge in [-0.1, -0.05) is 19.1 Å². The fourth-order valence-electron chi connectivity index (χ4n) is 2.28. The third kappa shape index (κ3) is 3.45. The molecule has 1 heterocycles. The van der Waals surface area contributed by atoms with Crippen LogP contribution < -0.4 is 5.32 Å². The van der Waals surface area contributed by atoms with Crippen molar-refractivity contribution in [3.8, 4) is 0 Å². The summed E-state index contributed by atoms with van der Waals surface area (Å²) < 4.78 is 14.9. The maximum atomic E-state index is 12.9. The summed E-state index contributed by atoms with van der Waals surface area (Å²) in [6, 6.07) is 6.88. The molecule has 0 saturated heterocycles. The van der Waals surface area contributed by atoms with Gasteiger partial charge in [-0.05, 0) is 44.5 Å². The van der Waals surface area contributed by atoms with Crippen molar-refractivity contribution in [2.75, 3.05) is 6.54 Å². The topological polar surface area (TPSA) is 29.9 Å². The molecule has 0 bridgehead atoms. The van der Waals surface area contributed by atoms with Gasteiger partial charge in [-0.2, -0.15) is 5.10 Å². The lowest BCUT2D eigenvalue weighted by Gasteiger charge is -2.13. The Balaban J connectivity index is 2.10. The van der Waals surface area contributed by atoms with Gasteiger partial charge in [0.1, 0.15) is 5.82 Å². The molecular formula is C16H22FN3. The second kappa shape index (κ2) is 6.66. The van der Waals surface area contributed by atoms with E-state index in [1.54, 1.807) is 12.1 Å². The number of nitrogens with zero attached hydrogens (tertiary/aromatic N) is 2. The lowest BCUT2D eigenvalue weighted by Crippen LogP contribution is -2.19. The SMILES string of the molecule is CCCNC(C)c1cnn(Cc2ccc(F)cc2)c1C. The Morgan fingerprint density at radius 3 is 2.65 bits per heavy atom. The first-order chi connectivity index (χ1) is 9.61. The number of benzene rings is 1. The molecule has 0 fully saturated rings. The predicted octanol–water partition coefficient (Wildman–Crippen LogP) is 3.44. The zero-order valence-corrected chi connectivity index (χ0v) is 12.4. The van der Waals surface area contributed by atoms with Gasteiger partial charge in [-0.15, -0.1) is 0 Å². The Morgan fingerprint density at radius 2 is 2.00 bits per heavy atom. The van der Waals surface area contributed by atoms with Crippen LogP contribution in [0.5, 0.6) is 0 Å². The first-order valence-corrected chi connectivity index (χ1v) is 7.12. The molecule has 0 spiro atoms. The number of nitrogens with one attached hydrogen (secondary N) is 1. The summed E-state index contributed by atoms with van der Waals surface area (Å²) in [4.78, 5) is 0. The number of hydrogen-bond acceptors (Lipinski definition) is 2. The van der Waals surface area contributed by atoms with Crippen LogP contribution in [0.15, 0.2) is 30.5 Å². The van der Waals surface area contributed by atoms with Gasteiger partial charge in [0, 0.05) is 17.3 Å². The molecule has 20 heavy (non-hydrogen) atoms. The van der Waals surface area contributed by atoms with E-state index in [4.69, 9.17) is 0 Å². The van der Waals surface area contributed by atoms with Gasteiger partial charge in [-0.25, -0.2) is 4.39 Å². The molecule has 4 heteroatoms. The Kier molecular flexibility index (Phi) is 4.90. The maximum absolute atomic E-state index is 12.9. The Hall–Kier alpha value is -1.68.